The van der Waals surface area contributed by atoms with Gasteiger partial charge in [0.15, 0.2) is 0 Å². The van der Waals surface area contributed by atoms with Gasteiger partial charge in [-0.15, -0.1) is 0 Å². The topological polar surface area (TPSA) is 40.6 Å². The third-order valence-corrected chi connectivity index (χ3v) is 5.79. The normalized spacial score (nSPS) is 16.7. The minimum Gasteiger partial charge on any atom is -0.341 e. The van der Waals surface area contributed by atoms with Crippen LogP contribution in [0.25, 0.3) is 0 Å². The monoisotopic (exact) mass is 438 g/mol. The number of rotatable bonds is 4. The van der Waals surface area contributed by atoms with Crippen molar-refractivity contribution >= 4 is 46.6 Å². The molecule has 1 heterocycles. The lowest BCUT2D eigenvalue weighted by atomic mass is 9.95. The van der Waals surface area contributed by atoms with Crippen LogP contribution < -0.4 is 0 Å². The van der Waals surface area contributed by atoms with Crippen LogP contribution in [0.1, 0.15) is 28.8 Å². The maximum Gasteiger partial charge on any atom is 0.253 e. The Morgan fingerprint density at radius 1 is 1.07 bits per heavy atom. The number of nitrogens with zero attached hydrogens (tertiary/aromatic N) is 2. The van der Waals surface area contributed by atoms with Crippen molar-refractivity contribution in [2.75, 3.05) is 20.1 Å². The molecule has 1 saturated heterocycles. The molecule has 28 heavy (non-hydrogen) atoms. The van der Waals surface area contributed by atoms with Gasteiger partial charge in [0.25, 0.3) is 5.91 Å². The van der Waals surface area contributed by atoms with Crippen molar-refractivity contribution in [3.8, 4) is 0 Å². The molecule has 2 amide bonds. The third-order valence-electron chi connectivity index (χ3n) is 4.95. The molecule has 1 atom stereocenters. The summed E-state index contributed by atoms with van der Waals surface area (Å²) in [6.45, 7) is 1.47. The molecule has 7 heteroatoms. The molecule has 0 bridgehead atoms. The number of hydrogen-bond acceptors (Lipinski definition) is 2. The summed E-state index contributed by atoms with van der Waals surface area (Å²) in [5.41, 5.74) is 1.42. The van der Waals surface area contributed by atoms with Crippen molar-refractivity contribution < 1.29 is 9.59 Å². The maximum atomic E-state index is 12.9. The molecule has 0 radical (unpaired) electrons. The molecule has 1 unspecified atom stereocenters. The summed E-state index contributed by atoms with van der Waals surface area (Å²) in [7, 11) is 1.76. The minimum atomic E-state index is -0.221. The van der Waals surface area contributed by atoms with Gasteiger partial charge < -0.3 is 9.80 Å². The van der Waals surface area contributed by atoms with Crippen LogP contribution in [-0.2, 0) is 11.3 Å². The van der Waals surface area contributed by atoms with Crippen LogP contribution >= 0.6 is 34.8 Å². The van der Waals surface area contributed by atoms with E-state index in [2.05, 4.69) is 0 Å². The summed E-state index contributed by atoms with van der Waals surface area (Å²) < 4.78 is 0. The Balaban J connectivity index is 1.64. The van der Waals surface area contributed by atoms with E-state index in [4.69, 9.17) is 34.8 Å². The minimum absolute atomic E-state index is 0.0135. The quantitative estimate of drug-likeness (QED) is 0.660. The lowest BCUT2D eigenvalue weighted by molar-refractivity contribution is -0.136. The Morgan fingerprint density at radius 3 is 2.43 bits per heavy atom. The summed E-state index contributed by atoms with van der Waals surface area (Å²) in [4.78, 5) is 29.1. The summed E-state index contributed by atoms with van der Waals surface area (Å²) in [5, 5.41) is 1.69. The van der Waals surface area contributed by atoms with Crippen LogP contribution in [0.4, 0.5) is 0 Å². The van der Waals surface area contributed by atoms with E-state index in [1.54, 1.807) is 53.2 Å². The van der Waals surface area contributed by atoms with Gasteiger partial charge >= 0.3 is 0 Å². The van der Waals surface area contributed by atoms with Gasteiger partial charge in [0.05, 0.1) is 5.92 Å². The van der Waals surface area contributed by atoms with Gasteiger partial charge in [0.1, 0.15) is 0 Å². The molecular weight excluding hydrogens is 419 g/mol. The molecular formula is C21H21Cl3N2O2. The smallest absolute Gasteiger partial charge is 0.253 e. The number of carbonyl (C=O) groups is 2. The van der Waals surface area contributed by atoms with Crippen LogP contribution in [0.5, 0.6) is 0 Å². The highest BCUT2D eigenvalue weighted by atomic mass is 35.5. The fourth-order valence-electron chi connectivity index (χ4n) is 3.43. The number of halogens is 3. The highest BCUT2D eigenvalue weighted by molar-refractivity contribution is 6.35. The summed E-state index contributed by atoms with van der Waals surface area (Å²) in [6, 6.07) is 12.1. The van der Waals surface area contributed by atoms with Gasteiger partial charge in [0.2, 0.25) is 5.91 Å². The third kappa shape index (κ3) is 4.99. The van der Waals surface area contributed by atoms with Gasteiger partial charge in [-0.1, -0.05) is 40.9 Å². The second-order valence-electron chi connectivity index (χ2n) is 7.03. The first kappa shape index (κ1) is 21.0. The van der Waals surface area contributed by atoms with E-state index >= 15 is 0 Å². The Labute approximate surface area is 180 Å². The van der Waals surface area contributed by atoms with Crippen LogP contribution in [0.2, 0.25) is 15.1 Å². The molecule has 2 aromatic rings. The van der Waals surface area contributed by atoms with E-state index < -0.39 is 0 Å². The molecule has 148 valence electrons. The molecule has 0 N–H and O–H groups in total. The highest BCUT2D eigenvalue weighted by Gasteiger charge is 2.30. The number of amides is 2. The zero-order valence-electron chi connectivity index (χ0n) is 15.5. The standard InChI is InChI=1S/C21H21Cl3N2O2/c1-25(12-15-6-9-18(23)11-19(15)24)20(27)16-3-2-10-26(13-16)21(28)14-4-7-17(22)8-5-14/h4-9,11,16H,2-3,10,12-13H2,1H3. The number of likely N-dealkylation sites (tertiary alicyclic amines) is 1. The van der Waals surface area contributed by atoms with Crippen molar-refractivity contribution in [1.82, 2.24) is 9.80 Å². The van der Waals surface area contributed by atoms with Crippen LogP contribution in [0.15, 0.2) is 42.5 Å². The maximum absolute atomic E-state index is 12.9. The van der Waals surface area contributed by atoms with Crippen LogP contribution in [0.3, 0.4) is 0 Å². The summed E-state index contributed by atoms with van der Waals surface area (Å²) in [5.74, 6) is -0.279. The van der Waals surface area contributed by atoms with Crippen molar-refractivity contribution in [2.45, 2.75) is 19.4 Å². The first-order valence-corrected chi connectivity index (χ1v) is 10.2. The van der Waals surface area contributed by atoms with Gasteiger partial charge in [-0.25, -0.2) is 0 Å². The SMILES string of the molecule is CN(Cc1ccc(Cl)cc1Cl)C(=O)C1CCCN(C(=O)c2ccc(Cl)cc2)C1. The van der Waals surface area contributed by atoms with E-state index in [1.807, 2.05) is 6.07 Å². The van der Waals surface area contributed by atoms with Crippen LogP contribution in [0, 0.1) is 5.92 Å². The Morgan fingerprint density at radius 2 is 1.75 bits per heavy atom. The molecule has 1 aliphatic heterocycles. The van der Waals surface area contributed by atoms with Crippen LogP contribution in [-0.4, -0.2) is 41.8 Å². The van der Waals surface area contributed by atoms with Crippen molar-refractivity contribution in [2.24, 2.45) is 5.92 Å². The lowest BCUT2D eigenvalue weighted by Gasteiger charge is -2.34. The fourth-order valence-corrected chi connectivity index (χ4v) is 4.03. The Hall–Kier alpha value is -1.75. The molecule has 0 spiro atoms. The molecule has 0 saturated carbocycles. The predicted octanol–water partition coefficient (Wildman–Crippen LogP) is 5.16. The van der Waals surface area contributed by atoms with E-state index in [9.17, 15) is 9.59 Å². The predicted molar refractivity (Wildman–Crippen MR) is 113 cm³/mol. The summed E-state index contributed by atoms with van der Waals surface area (Å²) >= 11 is 18.1. The highest BCUT2D eigenvalue weighted by Crippen LogP contribution is 2.25. The first-order valence-electron chi connectivity index (χ1n) is 9.09. The van der Waals surface area contributed by atoms with Gasteiger partial charge in [-0.05, 0) is 54.8 Å². The number of hydrogen-bond donors (Lipinski definition) is 0. The Kier molecular flexibility index (Phi) is 6.86. The lowest BCUT2D eigenvalue weighted by Crippen LogP contribution is -2.45. The molecule has 0 aromatic heterocycles. The first-order chi connectivity index (χ1) is 13.3. The van der Waals surface area contributed by atoms with Gasteiger partial charge in [0, 0.05) is 47.3 Å². The van der Waals surface area contributed by atoms with E-state index in [0.717, 1.165) is 18.4 Å². The zero-order chi connectivity index (χ0) is 20.3. The fraction of sp³-hybridized carbons (Fsp3) is 0.333. The second-order valence-corrected chi connectivity index (χ2v) is 8.31. The molecule has 1 fully saturated rings. The van der Waals surface area contributed by atoms with Gasteiger partial charge in [-0.3, -0.25) is 9.59 Å². The van der Waals surface area contributed by atoms with Crippen molar-refractivity contribution in [3.05, 3.63) is 68.7 Å². The molecule has 3 rings (SSSR count). The molecule has 0 aliphatic carbocycles. The second kappa shape index (κ2) is 9.17. The average Bonchev–Trinajstić information content (AvgIpc) is 2.69. The zero-order valence-corrected chi connectivity index (χ0v) is 17.8. The number of benzene rings is 2. The average molecular weight is 440 g/mol. The van der Waals surface area contributed by atoms with E-state index in [-0.39, 0.29) is 17.7 Å². The number of carbonyl (C=O) groups excluding carboxylic acids is 2. The number of piperidine rings is 1. The molecule has 1 aliphatic rings. The van der Waals surface area contributed by atoms with Crippen molar-refractivity contribution in [1.29, 1.82) is 0 Å². The summed E-state index contributed by atoms with van der Waals surface area (Å²) in [6.07, 6.45) is 1.56. The Bertz CT molecular complexity index is 870. The largest absolute Gasteiger partial charge is 0.341 e. The molecule has 4 nitrogen and oxygen atoms in total. The van der Waals surface area contributed by atoms with Crippen molar-refractivity contribution in [3.63, 3.8) is 0 Å². The van der Waals surface area contributed by atoms with E-state index in [1.165, 1.54) is 0 Å². The van der Waals surface area contributed by atoms with E-state index in [0.29, 0.717) is 40.3 Å². The van der Waals surface area contributed by atoms with Gasteiger partial charge in [-0.2, -0.15) is 0 Å². The molecule has 2 aromatic carbocycles.